The number of aliphatic imine (C=N–C) groups is 2. The van der Waals surface area contributed by atoms with Crippen LogP contribution in [0.5, 0.6) is 0 Å². The number of hydrogen-bond acceptors (Lipinski definition) is 6. The van der Waals surface area contributed by atoms with E-state index in [0.717, 1.165) is 47.5 Å². The van der Waals surface area contributed by atoms with Crippen LogP contribution < -0.4 is 5.73 Å². The van der Waals surface area contributed by atoms with Crippen LogP contribution in [0.3, 0.4) is 0 Å². The third-order valence-electron chi connectivity index (χ3n) is 5.31. The number of nitrogens with two attached hydrogens (primary N) is 1. The van der Waals surface area contributed by atoms with Crippen molar-refractivity contribution in [2.24, 2.45) is 15.7 Å². The monoisotopic (exact) mass is 467 g/mol. The highest BCUT2D eigenvalue weighted by atomic mass is 35.5. The zero-order valence-electron chi connectivity index (χ0n) is 17.2. The second-order valence-electron chi connectivity index (χ2n) is 7.29. The molecule has 164 valence electrons. The topological polar surface area (TPSA) is 83.5 Å². The fraction of sp³-hybridized carbons (Fsp3) is 0.174. The Hall–Kier alpha value is -3.36. The Labute approximate surface area is 195 Å². The van der Waals surface area contributed by atoms with Gasteiger partial charge in [-0.15, -0.1) is 23.7 Å². The fourth-order valence-electron chi connectivity index (χ4n) is 3.70. The summed E-state index contributed by atoms with van der Waals surface area (Å²) in [4.78, 5) is 25.5. The van der Waals surface area contributed by atoms with Gasteiger partial charge in [-0.25, -0.2) is 14.8 Å². The Kier molecular flexibility index (Phi) is 6.43. The van der Waals surface area contributed by atoms with E-state index in [1.807, 2.05) is 64.9 Å². The summed E-state index contributed by atoms with van der Waals surface area (Å²) in [5, 5.41) is 4.95. The number of thiophene rings is 1. The molecule has 2 aromatic carbocycles. The van der Waals surface area contributed by atoms with Crippen LogP contribution in [0.4, 0.5) is 5.00 Å². The largest absolute Gasteiger partial charge is 0.402 e. The molecule has 1 aromatic heterocycles. The van der Waals surface area contributed by atoms with E-state index in [0.29, 0.717) is 17.6 Å². The highest BCUT2D eigenvalue weighted by Gasteiger charge is 2.27. The second-order valence-corrected chi connectivity index (χ2v) is 8.22. The van der Waals surface area contributed by atoms with E-state index >= 15 is 0 Å². The van der Waals surface area contributed by atoms with E-state index in [4.69, 9.17) is 10.5 Å². The number of nitrogens with zero attached hydrogens (tertiary/aromatic N) is 4. The van der Waals surface area contributed by atoms with Crippen molar-refractivity contribution in [1.82, 2.24) is 9.80 Å². The molecule has 0 unspecified atom stereocenters. The lowest BCUT2D eigenvalue weighted by Crippen LogP contribution is -2.49. The number of cyclic esters (lactones) is 1. The van der Waals surface area contributed by atoms with E-state index < -0.39 is 5.97 Å². The zero-order chi connectivity index (χ0) is 21.2. The van der Waals surface area contributed by atoms with Crippen LogP contribution >= 0.6 is 23.7 Å². The fourth-order valence-corrected chi connectivity index (χ4v) is 4.30. The lowest BCUT2D eigenvalue weighted by atomic mass is 10.0. The van der Waals surface area contributed by atoms with Gasteiger partial charge in [-0.1, -0.05) is 36.4 Å². The third kappa shape index (κ3) is 4.46. The van der Waals surface area contributed by atoms with Crippen LogP contribution in [0, 0.1) is 0 Å². The number of halogens is 1. The molecule has 3 heterocycles. The zero-order valence-corrected chi connectivity index (χ0v) is 18.8. The van der Waals surface area contributed by atoms with Crippen molar-refractivity contribution in [2.45, 2.75) is 0 Å². The molecule has 0 bridgehead atoms. The average molecular weight is 468 g/mol. The molecular formula is C23H22ClN5O2S. The standard InChI is InChI=1S/C23H21N5O2S.ClH/c24-23(26-20-9-4-14-31-20)28-12-10-27(11-13-28)15-19-22(29)30-21(25-19)18-8-3-6-16-5-1-2-7-17(16)18;/h1-9,14-15H,10-13H2,(H2,24,26);1H/b19-15+;. The number of ether oxygens (including phenoxy) is 1. The highest BCUT2D eigenvalue weighted by Crippen LogP contribution is 2.24. The van der Waals surface area contributed by atoms with E-state index in [1.54, 1.807) is 17.5 Å². The molecule has 3 aromatic rings. The molecule has 9 heteroatoms. The first kappa shape index (κ1) is 21.9. The summed E-state index contributed by atoms with van der Waals surface area (Å²) in [6, 6.07) is 17.8. The Morgan fingerprint density at radius 3 is 2.62 bits per heavy atom. The first-order valence-electron chi connectivity index (χ1n) is 10.0. The predicted molar refractivity (Wildman–Crippen MR) is 131 cm³/mol. The van der Waals surface area contributed by atoms with Crippen molar-refractivity contribution in [3.05, 3.63) is 77.4 Å². The Morgan fingerprint density at radius 1 is 1.06 bits per heavy atom. The van der Waals surface area contributed by atoms with Gasteiger partial charge in [0.1, 0.15) is 5.00 Å². The van der Waals surface area contributed by atoms with Crippen LogP contribution in [0.25, 0.3) is 10.8 Å². The number of carbonyl (C=O) groups excluding carboxylic acids is 1. The lowest BCUT2D eigenvalue weighted by Gasteiger charge is -2.34. The molecule has 7 nitrogen and oxygen atoms in total. The molecular weight excluding hydrogens is 446 g/mol. The van der Waals surface area contributed by atoms with E-state index in [9.17, 15) is 4.79 Å². The molecule has 0 atom stereocenters. The minimum Gasteiger partial charge on any atom is -0.402 e. The van der Waals surface area contributed by atoms with Gasteiger partial charge in [-0.05, 0) is 34.4 Å². The van der Waals surface area contributed by atoms with Crippen LogP contribution in [-0.4, -0.2) is 53.8 Å². The normalized spacial score (nSPS) is 18.0. The maximum atomic E-state index is 12.4. The predicted octanol–water partition coefficient (Wildman–Crippen LogP) is 3.73. The Balaban J connectivity index is 0.00000245. The minimum absolute atomic E-state index is 0. The number of benzene rings is 2. The molecule has 32 heavy (non-hydrogen) atoms. The maximum Gasteiger partial charge on any atom is 0.365 e. The van der Waals surface area contributed by atoms with Crippen LogP contribution in [-0.2, 0) is 9.53 Å². The smallest absolute Gasteiger partial charge is 0.365 e. The van der Waals surface area contributed by atoms with Gasteiger partial charge in [0.15, 0.2) is 11.7 Å². The van der Waals surface area contributed by atoms with Gasteiger partial charge in [0.05, 0.1) is 0 Å². The second kappa shape index (κ2) is 9.42. The highest BCUT2D eigenvalue weighted by molar-refractivity contribution is 7.13. The van der Waals surface area contributed by atoms with Crippen molar-refractivity contribution >= 4 is 57.3 Å². The van der Waals surface area contributed by atoms with Crippen LogP contribution in [0.2, 0.25) is 0 Å². The van der Waals surface area contributed by atoms with Gasteiger partial charge in [-0.3, -0.25) is 0 Å². The first-order chi connectivity index (χ1) is 15.2. The maximum absolute atomic E-state index is 12.4. The van der Waals surface area contributed by atoms with E-state index in [-0.39, 0.29) is 12.4 Å². The van der Waals surface area contributed by atoms with Crippen molar-refractivity contribution in [3.63, 3.8) is 0 Å². The number of rotatable bonds is 3. The van der Waals surface area contributed by atoms with Gasteiger partial charge in [0.2, 0.25) is 5.90 Å². The third-order valence-corrected chi connectivity index (χ3v) is 6.08. The van der Waals surface area contributed by atoms with Crippen molar-refractivity contribution in [1.29, 1.82) is 0 Å². The molecule has 5 rings (SSSR count). The number of esters is 1. The molecule has 1 fully saturated rings. The van der Waals surface area contributed by atoms with Crippen LogP contribution in [0.1, 0.15) is 5.56 Å². The van der Waals surface area contributed by atoms with Gasteiger partial charge in [0.25, 0.3) is 0 Å². The SMILES string of the molecule is Cl.N/C(=N/c1cccs1)N1CCN(/C=C2/N=C(c3cccc4ccccc34)OC2=O)CC1. The first-order valence-corrected chi connectivity index (χ1v) is 10.9. The summed E-state index contributed by atoms with van der Waals surface area (Å²) in [7, 11) is 0. The summed E-state index contributed by atoms with van der Waals surface area (Å²) < 4.78 is 5.50. The number of hydrogen-bond donors (Lipinski definition) is 1. The molecule has 0 radical (unpaired) electrons. The molecule has 0 spiro atoms. The summed E-state index contributed by atoms with van der Waals surface area (Å²) in [5.41, 5.74) is 7.28. The average Bonchev–Trinajstić information content (AvgIpc) is 3.43. The lowest BCUT2D eigenvalue weighted by molar-refractivity contribution is -0.130. The van der Waals surface area contributed by atoms with Crippen molar-refractivity contribution < 1.29 is 9.53 Å². The molecule has 0 amide bonds. The van der Waals surface area contributed by atoms with Crippen LogP contribution in [0.15, 0.2) is 81.9 Å². The van der Waals surface area contributed by atoms with E-state index in [2.05, 4.69) is 14.9 Å². The Bertz CT molecular complexity index is 1210. The molecule has 0 saturated carbocycles. The molecule has 1 saturated heterocycles. The molecule has 0 aliphatic carbocycles. The van der Waals surface area contributed by atoms with Crippen molar-refractivity contribution in [2.75, 3.05) is 26.2 Å². The molecule has 2 N–H and O–H groups in total. The van der Waals surface area contributed by atoms with E-state index in [1.165, 1.54) is 0 Å². The van der Waals surface area contributed by atoms with Gasteiger partial charge < -0.3 is 20.3 Å². The molecule has 2 aliphatic rings. The number of piperazine rings is 1. The van der Waals surface area contributed by atoms with Crippen molar-refractivity contribution in [3.8, 4) is 0 Å². The number of fused-ring (bicyclic) bond motifs is 1. The Morgan fingerprint density at radius 2 is 1.84 bits per heavy atom. The summed E-state index contributed by atoms with van der Waals surface area (Å²) in [6.45, 7) is 2.88. The van der Waals surface area contributed by atoms with Gasteiger partial charge >= 0.3 is 5.97 Å². The quantitative estimate of drug-likeness (QED) is 0.274. The van der Waals surface area contributed by atoms with Gasteiger partial charge in [-0.2, -0.15) is 0 Å². The number of guanidine groups is 1. The minimum atomic E-state index is -0.427. The van der Waals surface area contributed by atoms with Gasteiger partial charge in [0, 0.05) is 37.9 Å². The number of carbonyl (C=O) groups is 1. The summed E-state index contributed by atoms with van der Waals surface area (Å²) >= 11 is 1.56. The summed E-state index contributed by atoms with van der Waals surface area (Å²) in [5.74, 6) is 0.439. The summed E-state index contributed by atoms with van der Waals surface area (Å²) in [6.07, 6.45) is 1.78. The molecule has 2 aliphatic heterocycles.